The van der Waals surface area contributed by atoms with Gasteiger partial charge in [-0.15, -0.1) is 24.0 Å². The zero-order valence-corrected chi connectivity index (χ0v) is 17.3. The van der Waals surface area contributed by atoms with Crippen molar-refractivity contribution in [2.24, 2.45) is 16.8 Å². The first-order valence-corrected chi connectivity index (χ1v) is 8.39. The number of nitrogens with zero attached hydrogens (tertiary/aromatic N) is 2. The van der Waals surface area contributed by atoms with Crippen molar-refractivity contribution in [2.75, 3.05) is 7.05 Å². The van der Waals surface area contributed by atoms with E-state index < -0.39 is 0 Å². The Morgan fingerprint density at radius 3 is 2.39 bits per heavy atom. The molecule has 0 aromatic carbocycles. The van der Waals surface area contributed by atoms with Gasteiger partial charge in [-0.1, -0.05) is 13.8 Å². The van der Waals surface area contributed by atoms with Crippen LogP contribution in [0.15, 0.2) is 9.41 Å². The Labute approximate surface area is 157 Å². The molecule has 6 heteroatoms. The number of aromatic nitrogens is 1. The number of aliphatic imine (C=N–C) groups is 1. The van der Waals surface area contributed by atoms with Crippen LogP contribution in [-0.4, -0.2) is 24.0 Å². The van der Waals surface area contributed by atoms with Crippen molar-refractivity contribution >= 4 is 29.9 Å². The third-order valence-electron chi connectivity index (χ3n) is 4.76. The predicted octanol–water partition coefficient (Wildman–Crippen LogP) is 3.79. The summed E-state index contributed by atoms with van der Waals surface area (Å²) in [7, 11) is 1.81. The van der Waals surface area contributed by atoms with Gasteiger partial charge in [0, 0.05) is 13.1 Å². The van der Waals surface area contributed by atoms with Crippen LogP contribution >= 0.6 is 24.0 Å². The van der Waals surface area contributed by atoms with Crippen molar-refractivity contribution in [2.45, 2.75) is 66.0 Å². The smallest absolute Gasteiger partial charge is 0.214 e. The van der Waals surface area contributed by atoms with E-state index in [4.69, 9.17) is 4.42 Å². The normalized spacial score (nSPS) is 21.9. The number of nitrogens with one attached hydrogen (secondary N) is 2. The van der Waals surface area contributed by atoms with Crippen molar-refractivity contribution in [3.05, 3.63) is 17.3 Å². The molecule has 132 valence electrons. The van der Waals surface area contributed by atoms with Crippen LogP contribution in [0.2, 0.25) is 0 Å². The van der Waals surface area contributed by atoms with Gasteiger partial charge in [0.25, 0.3) is 0 Å². The van der Waals surface area contributed by atoms with E-state index >= 15 is 0 Å². The molecule has 2 N–H and O–H groups in total. The van der Waals surface area contributed by atoms with Crippen molar-refractivity contribution in [1.29, 1.82) is 0 Å². The molecule has 0 spiro atoms. The van der Waals surface area contributed by atoms with E-state index in [2.05, 4.69) is 34.5 Å². The minimum atomic E-state index is 0. The number of hydrogen-bond donors (Lipinski definition) is 2. The van der Waals surface area contributed by atoms with Crippen LogP contribution < -0.4 is 10.6 Å². The van der Waals surface area contributed by atoms with Gasteiger partial charge in [-0.3, -0.25) is 4.99 Å². The lowest BCUT2D eigenvalue weighted by Crippen LogP contribution is -2.44. The second kappa shape index (κ2) is 9.49. The molecule has 0 bridgehead atoms. The standard InChI is InChI=1S/C17H30N4O.HI/c1-11(2)14-6-8-15(9-7-14)21-17(18-5)19-10-16-20-12(3)13(4)22-16;/h11,14-15H,6-10H2,1-5H3,(H2,18,19,21);1H. The molecule has 5 nitrogen and oxygen atoms in total. The fourth-order valence-corrected chi connectivity index (χ4v) is 3.09. The highest BCUT2D eigenvalue weighted by molar-refractivity contribution is 14.0. The maximum absolute atomic E-state index is 5.58. The summed E-state index contributed by atoms with van der Waals surface area (Å²) in [5.41, 5.74) is 0.951. The van der Waals surface area contributed by atoms with Crippen molar-refractivity contribution < 1.29 is 4.42 Å². The number of rotatable bonds is 4. The fourth-order valence-electron chi connectivity index (χ4n) is 3.09. The lowest BCUT2D eigenvalue weighted by atomic mass is 9.80. The molecule has 0 unspecified atom stereocenters. The largest absolute Gasteiger partial charge is 0.444 e. The fraction of sp³-hybridized carbons (Fsp3) is 0.765. The summed E-state index contributed by atoms with van der Waals surface area (Å²) >= 11 is 0. The Hall–Kier alpha value is -0.790. The van der Waals surface area contributed by atoms with E-state index in [9.17, 15) is 0 Å². The highest BCUT2D eigenvalue weighted by Crippen LogP contribution is 2.29. The van der Waals surface area contributed by atoms with Crippen molar-refractivity contribution in [1.82, 2.24) is 15.6 Å². The topological polar surface area (TPSA) is 62.5 Å². The van der Waals surface area contributed by atoms with E-state index in [1.807, 2.05) is 13.8 Å². The molecule has 0 atom stereocenters. The quantitative estimate of drug-likeness (QED) is 0.430. The predicted molar refractivity (Wildman–Crippen MR) is 105 cm³/mol. The summed E-state index contributed by atoms with van der Waals surface area (Å²) in [6.45, 7) is 9.13. The summed E-state index contributed by atoms with van der Waals surface area (Å²) in [6, 6.07) is 0.522. The van der Waals surface area contributed by atoms with E-state index in [0.29, 0.717) is 18.5 Å². The first kappa shape index (κ1) is 20.3. The molecule has 23 heavy (non-hydrogen) atoms. The van der Waals surface area contributed by atoms with Gasteiger partial charge in [-0.2, -0.15) is 0 Å². The van der Waals surface area contributed by atoms with E-state index in [-0.39, 0.29) is 24.0 Å². The average Bonchev–Trinajstić information content (AvgIpc) is 2.82. The summed E-state index contributed by atoms with van der Waals surface area (Å²) in [5, 5.41) is 6.82. The highest BCUT2D eigenvalue weighted by Gasteiger charge is 2.23. The molecule has 0 radical (unpaired) electrons. The van der Waals surface area contributed by atoms with Crippen LogP contribution in [0.3, 0.4) is 0 Å². The van der Waals surface area contributed by atoms with Crippen LogP contribution in [0.4, 0.5) is 0 Å². The van der Waals surface area contributed by atoms with Gasteiger partial charge in [-0.25, -0.2) is 4.98 Å². The zero-order valence-electron chi connectivity index (χ0n) is 15.0. The minimum absolute atomic E-state index is 0. The lowest BCUT2D eigenvalue weighted by molar-refractivity contribution is 0.250. The van der Waals surface area contributed by atoms with Gasteiger partial charge in [0.1, 0.15) is 5.76 Å². The molecule has 1 aliphatic carbocycles. The number of hydrogen-bond acceptors (Lipinski definition) is 3. The molecule has 0 amide bonds. The van der Waals surface area contributed by atoms with Gasteiger partial charge in [0.2, 0.25) is 5.89 Å². The third-order valence-corrected chi connectivity index (χ3v) is 4.76. The lowest BCUT2D eigenvalue weighted by Gasteiger charge is -2.32. The molecule has 2 rings (SSSR count). The van der Waals surface area contributed by atoms with Crippen LogP contribution in [0.5, 0.6) is 0 Å². The maximum Gasteiger partial charge on any atom is 0.214 e. The molecular weight excluding hydrogens is 403 g/mol. The molecule has 0 saturated heterocycles. The second-order valence-corrected chi connectivity index (χ2v) is 6.68. The summed E-state index contributed by atoms with van der Waals surface area (Å²) < 4.78 is 5.58. The summed E-state index contributed by atoms with van der Waals surface area (Å²) in [4.78, 5) is 8.69. The Morgan fingerprint density at radius 2 is 1.91 bits per heavy atom. The molecule has 1 fully saturated rings. The Bertz CT molecular complexity index is 485. The molecule has 1 aliphatic rings. The second-order valence-electron chi connectivity index (χ2n) is 6.68. The summed E-state index contributed by atoms with van der Waals surface area (Å²) in [5.74, 6) is 4.11. The van der Waals surface area contributed by atoms with Crippen LogP contribution in [0, 0.1) is 25.7 Å². The Balaban J connectivity index is 0.00000264. The van der Waals surface area contributed by atoms with E-state index in [1.165, 1.54) is 25.7 Å². The van der Waals surface area contributed by atoms with Crippen molar-refractivity contribution in [3.8, 4) is 0 Å². The number of guanidine groups is 1. The number of aryl methyl sites for hydroxylation is 2. The van der Waals surface area contributed by atoms with Gasteiger partial charge >= 0.3 is 0 Å². The molecule has 0 aliphatic heterocycles. The monoisotopic (exact) mass is 434 g/mol. The zero-order chi connectivity index (χ0) is 16.1. The number of halogens is 1. The average molecular weight is 434 g/mol. The van der Waals surface area contributed by atoms with E-state index in [1.54, 1.807) is 7.05 Å². The third kappa shape index (κ3) is 5.97. The first-order valence-electron chi connectivity index (χ1n) is 8.39. The van der Waals surface area contributed by atoms with Crippen LogP contribution in [0.1, 0.15) is 56.9 Å². The van der Waals surface area contributed by atoms with Gasteiger partial charge in [-0.05, 0) is 51.4 Å². The Morgan fingerprint density at radius 1 is 1.26 bits per heavy atom. The molecule has 1 heterocycles. The minimum Gasteiger partial charge on any atom is -0.444 e. The highest BCUT2D eigenvalue weighted by atomic mass is 127. The molecule has 1 aromatic heterocycles. The SMILES string of the molecule is CN=C(NCc1nc(C)c(C)o1)NC1CCC(C(C)C)CC1.I. The molecule has 1 aromatic rings. The molecular formula is C17H31IN4O. The molecule has 1 saturated carbocycles. The van der Waals surface area contributed by atoms with Gasteiger partial charge in [0.15, 0.2) is 5.96 Å². The number of oxazole rings is 1. The van der Waals surface area contributed by atoms with Crippen LogP contribution in [0.25, 0.3) is 0 Å². The van der Waals surface area contributed by atoms with Gasteiger partial charge in [0.05, 0.1) is 12.2 Å². The van der Waals surface area contributed by atoms with E-state index in [0.717, 1.165) is 29.2 Å². The first-order chi connectivity index (χ1) is 10.5. The maximum atomic E-state index is 5.58. The van der Waals surface area contributed by atoms with Crippen LogP contribution in [-0.2, 0) is 6.54 Å². The Kier molecular flexibility index (Phi) is 8.36. The van der Waals surface area contributed by atoms with Gasteiger partial charge < -0.3 is 15.1 Å². The summed E-state index contributed by atoms with van der Waals surface area (Å²) in [6.07, 6.45) is 5.07. The van der Waals surface area contributed by atoms with Crippen molar-refractivity contribution in [3.63, 3.8) is 0 Å².